The molecule has 0 radical (unpaired) electrons. The lowest BCUT2D eigenvalue weighted by atomic mass is 9.73. The molecule has 0 saturated heterocycles. The Morgan fingerprint density at radius 1 is 1.40 bits per heavy atom. The van der Waals surface area contributed by atoms with Crippen molar-refractivity contribution in [1.82, 2.24) is 0 Å². The number of hydrogen-bond donors (Lipinski definition) is 1. The van der Waals surface area contributed by atoms with Crippen LogP contribution in [0.3, 0.4) is 0 Å². The summed E-state index contributed by atoms with van der Waals surface area (Å²) in [4.78, 5) is 2.64. The molecule has 3 heteroatoms. The molecule has 1 fully saturated rings. The van der Waals surface area contributed by atoms with Gasteiger partial charge in [-0.1, -0.05) is 30.9 Å². The smallest absolute Gasteiger partial charge is 0.0554 e. The Bertz CT molecular complexity index is 339. The molecule has 0 unspecified atom stereocenters. The summed E-state index contributed by atoms with van der Waals surface area (Å²) in [5.41, 5.74) is 6.19. The van der Waals surface area contributed by atoms with E-state index in [1.165, 1.54) is 41.9 Å². The predicted octanol–water partition coefficient (Wildman–Crippen LogP) is 3.87. The van der Waals surface area contributed by atoms with Gasteiger partial charge in [-0.05, 0) is 25.8 Å². The molecular formula is C12H18ClNS. The highest BCUT2D eigenvalue weighted by Gasteiger charge is 2.35. The Morgan fingerprint density at radius 3 is 2.53 bits per heavy atom. The van der Waals surface area contributed by atoms with E-state index in [1.54, 1.807) is 0 Å². The van der Waals surface area contributed by atoms with E-state index in [0.29, 0.717) is 0 Å². The van der Waals surface area contributed by atoms with Gasteiger partial charge < -0.3 is 5.73 Å². The largest absolute Gasteiger partial charge is 0.330 e. The molecule has 1 heterocycles. The molecule has 0 aliphatic heterocycles. The first kappa shape index (κ1) is 11.4. The van der Waals surface area contributed by atoms with Crippen molar-refractivity contribution in [3.63, 3.8) is 0 Å². The summed E-state index contributed by atoms with van der Waals surface area (Å²) in [5.74, 6) is 0. The van der Waals surface area contributed by atoms with Crippen LogP contribution < -0.4 is 5.73 Å². The lowest BCUT2D eigenvalue weighted by molar-refractivity contribution is 0.306. The van der Waals surface area contributed by atoms with Crippen molar-refractivity contribution in [2.24, 2.45) is 5.73 Å². The molecule has 1 aromatic rings. The third-order valence-electron chi connectivity index (χ3n) is 3.49. The molecule has 0 atom stereocenters. The molecule has 1 aromatic heterocycles. The third kappa shape index (κ3) is 2.08. The second-order valence-corrected chi connectivity index (χ2v) is 6.24. The Balaban J connectivity index is 2.36. The van der Waals surface area contributed by atoms with Crippen LogP contribution in [0.1, 0.15) is 41.9 Å². The number of halogens is 1. The van der Waals surface area contributed by atoms with E-state index in [2.05, 4.69) is 13.0 Å². The fourth-order valence-electron chi connectivity index (χ4n) is 2.60. The quantitative estimate of drug-likeness (QED) is 0.839. The Labute approximate surface area is 101 Å². The van der Waals surface area contributed by atoms with E-state index in [-0.39, 0.29) is 5.41 Å². The van der Waals surface area contributed by atoms with Gasteiger partial charge in [0.15, 0.2) is 0 Å². The zero-order chi connectivity index (χ0) is 10.9. The van der Waals surface area contributed by atoms with Gasteiger partial charge in [-0.25, -0.2) is 0 Å². The summed E-state index contributed by atoms with van der Waals surface area (Å²) in [5, 5.41) is 0.935. The molecule has 1 aliphatic rings. The van der Waals surface area contributed by atoms with Gasteiger partial charge in [0.2, 0.25) is 0 Å². The monoisotopic (exact) mass is 243 g/mol. The van der Waals surface area contributed by atoms with Crippen molar-refractivity contribution in [2.45, 2.75) is 44.4 Å². The van der Waals surface area contributed by atoms with Gasteiger partial charge in [-0.2, -0.15) is 0 Å². The second kappa shape index (κ2) is 4.44. The fraction of sp³-hybridized carbons (Fsp3) is 0.667. The van der Waals surface area contributed by atoms with Crippen LogP contribution in [0.4, 0.5) is 0 Å². The highest BCUT2D eigenvalue weighted by Crippen LogP contribution is 2.45. The molecule has 84 valence electrons. The molecule has 0 bridgehead atoms. The van der Waals surface area contributed by atoms with E-state index in [0.717, 1.165) is 11.6 Å². The summed E-state index contributed by atoms with van der Waals surface area (Å²) >= 11 is 8.13. The number of rotatable bonds is 2. The second-order valence-electron chi connectivity index (χ2n) is 4.58. The normalized spacial score (nSPS) is 20.5. The standard InChI is InChI=1S/C12H18ClNS/c1-9-7-10(13)11(15-9)12(8-14)5-3-2-4-6-12/h7H,2-6,8,14H2,1H3. The molecule has 1 saturated carbocycles. The summed E-state index contributed by atoms with van der Waals surface area (Å²) in [7, 11) is 0. The van der Waals surface area contributed by atoms with Gasteiger partial charge in [0.1, 0.15) is 0 Å². The number of aryl methyl sites for hydroxylation is 1. The number of hydrogen-bond acceptors (Lipinski definition) is 2. The van der Waals surface area contributed by atoms with Crippen molar-refractivity contribution < 1.29 is 0 Å². The van der Waals surface area contributed by atoms with Crippen molar-refractivity contribution in [2.75, 3.05) is 6.54 Å². The Morgan fingerprint density at radius 2 is 2.07 bits per heavy atom. The van der Waals surface area contributed by atoms with Crippen LogP contribution in [0.25, 0.3) is 0 Å². The predicted molar refractivity (Wildman–Crippen MR) is 67.9 cm³/mol. The third-order valence-corrected chi connectivity index (χ3v) is 5.20. The highest BCUT2D eigenvalue weighted by atomic mass is 35.5. The van der Waals surface area contributed by atoms with Gasteiger partial charge in [0.05, 0.1) is 5.02 Å². The van der Waals surface area contributed by atoms with E-state index in [9.17, 15) is 0 Å². The first-order chi connectivity index (χ1) is 7.18. The molecule has 2 N–H and O–H groups in total. The van der Waals surface area contributed by atoms with Gasteiger partial charge in [0.25, 0.3) is 0 Å². The molecule has 0 aromatic carbocycles. The van der Waals surface area contributed by atoms with Crippen molar-refractivity contribution in [1.29, 1.82) is 0 Å². The van der Waals surface area contributed by atoms with E-state index in [1.807, 2.05) is 11.3 Å². The van der Waals surface area contributed by atoms with Crippen LogP contribution in [0.2, 0.25) is 5.02 Å². The summed E-state index contributed by atoms with van der Waals surface area (Å²) < 4.78 is 0. The SMILES string of the molecule is Cc1cc(Cl)c(C2(CN)CCCCC2)s1. The van der Waals surface area contributed by atoms with Gasteiger partial charge >= 0.3 is 0 Å². The molecule has 2 rings (SSSR count). The van der Waals surface area contributed by atoms with Gasteiger partial charge in [0, 0.05) is 21.7 Å². The summed E-state index contributed by atoms with van der Waals surface area (Å²) in [6.45, 7) is 2.86. The zero-order valence-electron chi connectivity index (χ0n) is 9.18. The highest BCUT2D eigenvalue weighted by molar-refractivity contribution is 7.12. The molecule has 0 spiro atoms. The van der Waals surface area contributed by atoms with Crippen molar-refractivity contribution >= 4 is 22.9 Å². The van der Waals surface area contributed by atoms with Crippen LogP contribution >= 0.6 is 22.9 Å². The van der Waals surface area contributed by atoms with E-state index >= 15 is 0 Å². The maximum Gasteiger partial charge on any atom is 0.0554 e. The molecule has 15 heavy (non-hydrogen) atoms. The molecule has 1 nitrogen and oxygen atoms in total. The minimum absolute atomic E-state index is 0.189. The lowest BCUT2D eigenvalue weighted by Gasteiger charge is -2.35. The summed E-state index contributed by atoms with van der Waals surface area (Å²) in [6, 6.07) is 2.08. The summed E-state index contributed by atoms with van der Waals surface area (Å²) in [6.07, 6.45) is 6.37. The number of nitrogens with two attached hydrogens (primary N) is 1. The molecule has 0 amide bonds. The maximum absolute atomic E-state index is 6.30. The van der Waals surface area contributed by atoms with Crippen LogP contribution in [0.5, 0.6) is 0 Å². The van der Waals surface area contributed by atoms with Crippen LogP contribution in [0.15, 0.2) is 6.07 Å². The Kier molecular flexibility index (Phi) is 3.39. The van der Waals surface area contributed by atoms with Crippen molar-refractivity contribution in [3.05, 3.63) is 20.8 Å². The minimum Gasteiger partial charge on any atom is -0.330 e. The molecule has 1 aliphatic carbocycles. The number of thiophene rings is 1. The van der Waals surface area contributed by atoms with E-state index < -0.39 is 0 Å². The average Bonchev–Trinajstić information content (AvgIpc) is 2.59. The Hall–Kier alpha value is -0.0500. The van der Waals surface area contributed by atoms with Gasteiger partial charge in [-0.15, -0.1) is 11.3 Å². The van der Waals surface area contributed by atoms with Crippen molar-refractivity contribution in [3.8, 4) is 0 Å². The maximum atomic E-state index is 6.30. The zero-order valence-corrected chi connectivity index (χ0v) is 10.8. The first-order valence-electron chi connectivity index (χ1n) is 5.64. The minimum atomic E-state index is 0.189. The lowest BCUT2D eigenvalue weighted by Crippen LogP contribution is -2.36. The topological polar surface area (TPSA) is 26.0 Å². The average molecular weight is 244 g/mol. The fourth-order valence-corrected chi connectivity index (χ4v) is 4.30. The first-order valence-corrected chi connectivity index (χ1v) is 6.84. The van der Waals surface area contributed by atoms with Crippen LogP contribution in [-0.2, 0) is 5.41 Å². The van der Waals surface area contributed by atoms with Crippen LogP contribution in [0, 0.1) is 6.92 Å². The van der Waals surface area contributed by atoms with E-state index in [4.69, 9.17) is 17.3 Å². The molecular weight excluding hydrogens is 226 g/mol. The van der Waals surface area contributed by atoms with Gasteiger partial charge in [-0.3, -0.25) is 0 Å². The van der Waals surface area contributed by atoms with Crippen LogP contribution in [-0.4, -0.2) is 6.54 Å².